The lowest BCUT2D eigenvalue weighted by atomic mass is 9.84. The van der Waals surface area contributed by atoms with E-state index in [1.54, 1.807) is 18.0 Å². The van der Waals surface area contributed by atoms with Crippen molar-refractivity contribution in [3.05, 3.63) is 11.9 Å². The van der Waals surface area contributed by atoms with E-state index in [4.69, 9.17) is 4.74 Å². The number of aromatic nitrogens is 2. The van der Waals surface area contributed by atoms with Gasteiger partial charge in [-0.15, -0.1) is 0 Å². The molecule has 2 aliphatic carbocycles. The fourth-order valence-electron chi connectivity index (χ4n) is 3.75. The fourth-order valence-corrected chi connectivity index (χ4v) is 3.75. The molecular formula is C14H20N2O2. The highest BCUT2D eigenvalue weighted by molar-refractivity contribution is 5.99. The van der Waals surface area contributed by atoms with Crippen LogP contribution in [0.3, 0.4) is 0 Å². The predicted molar refractivity (Wildman–Crippen MR) is 67.7 cm³/mol. The number of carbonyl (C=O) groups is 1. The monoisotopic (exact) mass is 248 g/mol. The number of hydrogen-bond donors (Lipinski definition) is 0. The lowest BCUT2D eigenvalue weighted by Gasteiger charge is -2.20. The first-order valence-corrected chi connectivity index (χ1v) is 6.88. The third-order valence-electron chi connectivity index (χ3n) is 4.63. The van der Waals surface area contributed by atoms with Crippen molar-refractivity contribution in [3.63, 3.8) is 0 Å². The Bertz CT molecular complexity index is 445. The number of hydrogen-bond acceptors (Lipinski definition) is 3. The van der Waals surface area contributed by atoms with Crippen molar-refractivity contribution in [1.29, 1.82) is 0 Å². The molecule has 1 heterocycles. The second-order valence-electron chi connectivity index (χ2n) is 5.52. The molecule has 0 amide bonds. The van der Waals surface area contributed by atoms with Gasteiger partial charge >= 0.3 is 0 Å². The van der Waals surface area contributed by atoms with Crippen molar-refractivity contribution in [2.75, 3.05) is 7.11 Å². The van der Waals surface area contributed by atoms with Crippen molar-refractivity contribution >= 4 is 5.78 Å². The Kier molecular flexibility index (Phi) is 2.88. The van der Waals surface area contributed by atoms with E-state index in [2.05, 4.69) is 5.10 Å². The Labute approximate surface area is 107 Å². The first kappa shape index (κ1) is 11.8. The van der Waals surface area contributed by atoms with Crippen molar-refractivity contribution < 1.29 is 9.53 Å². The van der Waals surface area contributed by atoms with Gasteiger partial charge in [-0.2, -0.15) is 5.10 Å². The molecule has 3 rings (SSSR count). The van der Waals surface area contributed by atoms with Gasteiger partial charge in [0.2, 0.25) is 0 Å². The summed E-state index contributed by atoms with van der Waals surface area (Å²) in [7, 11) is 1.61. The summed E-state index contributed by atoms with van der Waals surface area (Å²) in [5.41, 5.74) is 0.678. The predicted octanol–water partition coefficient (Wildman–Crippen LogP) is 2.53. The van der Waals surface area contributed by atoms with Crippen molar-refractivity contribution in [2.24, 2.45) is 17.8 Å². The molecule has 2 aliphatic rings. The van der Waals surface area contributed by atoms with Crippen LogP contribution in [-0.4, -0.2) is 22.7 Å². The topological polar surface area (TPSA) is 44.1 Å². The average Bonchev–Trinajstić information content (AvgIpc) is 3.10. The minimum atomic E-state index is 0.208. The highest BCUT2D eigenvalue weighted by Gasteiger charge is 2.44. The van der Waals surface area contributed by atoms with E-state index in [0.717, 1.165) is 12.3 Å². The highest BCUT2D eigenvalue weighted by Crippen LogP contribution is 2.49. The summed E-state index contributed by atoms with van der Waals surface area (Å²) in [6.07, 6.45) is 6.52. The standard InChI is InChI=1S/C14H20N2O2/c1-3-16-13(12(18-2)8-15-16)14(17)11-7-9-4-5-10(11)6-9/h8-11H,3-7H2,1-2H3. The number of ketones is 1. The molecule has 18 heavy (non-hydrogen) atoms. The summed E-state index contributed by atoms with van der Waals surface area (Å²) in [5.74, 6) is 2.48. The van der Waals surface area contributed by atoms with Gasteiger partial charge in [-0.05, 0) is 38.0 Å². The van der Waals surface area contributed by atoms with E-state index < -0.39 is 0 Å². The number of carbonyl (C=O) groups excluding carboxylic acids is 1. The third kappa shape index (κ3) is 1.66. The summed E-state index contributed by atoms with van der Waals surface area (Å²) in [4.78, 5) is 12.7. The zero-order valence-electron chi connectivity index (χ0n) is 11.1. The summed E-state index contributed by atoms with van der Waals surface area (Å²) in [5, 5.41) is 4.23. The van der Waals surface area contributed by atoms with Crippen LogP contribution in [-0.2, 0) is 6.54 Å². The summed E-state index contributed by atoms with van der Waals surface area (Å²) in [6, 6.07) is 0. The molecule has 3 unspecified atom stereocenters. The van der Waals surface area contributed by atoms with Crippen molar-refractivity contribution in [1.82, 2.24) is 9.78 Å². The van der Waals surface area contributed by atoms with Crippen LogP contribution in [0.1, 0.15) is 43.1 Å². The summed E-state index contributed by atoms with van der Waals surface area (Å²) < 4.78 is 7.06. The van der Waals surface area contributed by atoms with E-state index in [1.165, 1.54) is 19.3 Å². The Morgan fingerprint density at radius 1 is 1.50 bits per heavy atom. The van der Waals surface area contributed by atoms with Gasteiger partial charge in [0.1, 0.15) is 5.69 Å². The van der Waals surface area contributed by atoms with Gasteiger partial charge in [-0.3, -0.25) is 9.48 Å². The lowest BCUT2D eigenvalue weighted by molar-refractivity contribution is 0.0860. The zero-order chi connectivity index (χ0) is 12.7. The average molecular weight is 248 g/mol. The van der Waals surface area contributed by atoms with Crippen LogP contribution in [0.5, 0.6) is 5.75 Å². The SMILES string of the molecule is CCn1ncc(OC)c1C(=O)C1CC2CCC1C2. The molecule has 4 nitrogen and oxygen atoms in total. The largest absolute Gasteiger partial charge is 0.493 e. The maximum absolute atomic E-state index is 12.7. The molecule has 3 atom stereocenters. The fraction of sp³-hybridized carbons (Fsp3) is 0.714. The molecule has 0 radical (unpaired) electrons. The van der Waals surface area contributed by atoms with Crippen LogP contribution in [0.2, 0.25) is 0 Å². The number of rotatable bonds is 4. The number of aryl methyl sites for hydroxylation is 1. The van der Waals surface area contributed by atoms with Crippen LogP contribution < -0.4 is 4.74 Å². The zero-order valence-corrected chi connectivity index (χ0v) is 11.1. The van der Waals surface area contributed by atoms with Crippen LogP contribution in [0, 0.1) is 17.8 Å². The van der Waals surface area contributed by atoms with Gasteiger partial charge in [0, 0.05) is 12.5 Å². The molecule has 4 heteroatoms. The van der Waals surface area contributed by atoms with Gasteiger partial charge < -0.3 is 4.74 Å². The van der Waals surface area contributed by atoms with Crippen LogP contribution >= 0.6 is 0 Å². The molecule has 1 aromatic rings. The van der Waals surface area contributed by atoms with E-state index in [-0.39, 0.29) is 11.7 Å². The minimum absolute atomic E-state index is 0.208. The van der Waals surface area contributed by atoms with E-state index in [1.807, 2.05) is 6.92 Å². The summed E-state index contributed by atoms with van der Waals surface area (Å²) in [6.45, 7) is 2.72. The quantitative estimate of drug-likeness (QED) is 0.769. The molecule has 0 saturated heterocycles. The Balaban J connectivity index is 1.90. The molecule has 0 aromatic carbocycles. The Hall–Kier alpha value is -1.32. The maximum Gasteiger partial charge on any atom is 0.188 e. The first-order valence-electron chi connectivity index (χ1n) is 6.88. The second-order valence-corrected chi connectivity index (χ2v) is 5.52. The molecule has 0 N–H and O–H groups in total. The number of ether oxygens (including phenoxy) is 1. The van der Waals surface area contributed by atoms with Crippen molar-refractivity contribution in [2.45, 2.75) is 39.2 Å². The van der Waals surface area contributed by atoms with Gasteiger partial charge in [-0.25, -0.2) is 0 Å². The molecular weight excluding hydrogens is 228 g/mol. The number of Topliss-reactive ketones (excluding diaryl/α,β-unsaturated/α-hetero) is 1. The molecule has 2 bridgehead atoms. The van der Waals surface area contributed by atoms with Crippen LogP contribution in [0.15, 0.2) is 6.20 Å². The Morgan fingerprint density at radius 2 is 2.33 bits per heavy atom. The maximum atomic E-state index is 12.7. The molecule has 98 valence electrons. The van der Waals surface area contributed by atoms with Crippen LogP contribution in [0.4, 0.5) is 0 Å². The molecule has 1 aromatic heterocycles. The second kappa shape index (κ2) is 4.41. The van der Waals surface area contributed by atoms with E-state index >= 15 is 0 Å². The van der Waals surface area contributed by atoms with Gasteiger partial charge in [-0.1, -0.05) is 6.42 Å². The molecule has 2 fully saturated rings. The lowest BCUT2D eigenvalue weighted by Crippen LogP contribution is -2.24. The number of fused-ring (bicyclic) bond motifs is 2. The number of methoxy groups -OCH3 is 1. The van der Waals surface area contributed by atoms with E-state index in [9.17, 15) is 4.79 Å². The molecule has 2 saturated carbocycles. The minimum Gasteiger partial charge on any atom is -0.493 e. The third-order valence-corrected chi connectivity index (χ3v) is 4.63. The highest BCUT2D eigenvalue weighted by atomic mass is 16.5. The smallest absolute Gasteiger partial charge is 0.188 e. The summed E-state index contributed by atoms with van der Waals surface area (Å²) >= 11 is 0. The first-order chi connectivity index (χ1) is 8.74. The van der Waals surface area contributed by atoms with Gasteiger partial charge in [0.15, 0.2) is 11.5 Å². The normalized spacial score (nSPS) is 29.8. The number of nitrogens with zero attached hydrogens (tertiary/aromatic N) is 2. The van der Waals surface area contributed by atoms with Gasteiger partial charge in [0.05, 0.1) is 13.3 Å². The molecule has 0 spiro atoms. The van der Waals surface area contributed by atoms with Crippen LogP contribution in [0.25, 0.3) is 0 Å². The van der Waals surface area contributed by atoms with Gasteiger partial charge in [0.25, 0.3) is 0 Å². The molecule has 0 aliphatic heterocycles. The van der Waals surface area contributed by atoms with E-state index in [0.29, 0.717) is 23.9 Å². The Morgan fingerprint density at radius 3 is 2.89 bits per heavy atom. The van der Waals surface area contributed by atoms with Crippen molar-refractivity contribution in [3.8, 4) is 5.75 Å².